The predicted molar refractivity (Wildman–Crippen MR) is 96.0 cm³/mol. The second-order valence-electron chi connectivity index (χ2n) is 5.90. The maximum Gasteiger partial charge on any atom is 0.266 e. The van der Waals surface area contributed by atoms with Crippen molar-refractivity contribution in [3.63, 3.8) is 0 Å². The molecule has 2 aromatic carbocycles. The van der Waals surface area contributed by atoms with E-state index in [0.29, 0.717) is 28.1 Å². The van der Waals surface area contributed by atoms with Crippen molar-refractivity contribution in [3.05, 3.63) is 89.4 Å². The summed E-state index contributed by atoms with van der Waals surface area (Å²) in [6.07, 6.45) is 3.23. The molecule has 1 aliphatic rings. The van der Waals surface area contributed by atoms with E-state index in [1.54, 1.807) is 48.7 Å². The number of benzene rings is 2. The van der Waals surface area contributed by atoms with Crippen molar-refractivity contribution in [3.8, 4) is 0 Å². The minimum Gasteiger partial charge on any atom is -0.465 e. The number of hydrogen-bond donors (Lipinski definition) is 0. The predicted octanol–water partition coefficient (Wildman–Crippen LogP) is 4.32. The molecule has 0 fully saturated rings. The zero-order valence-corrected chi connectivity index (χ0v) is 13.6. The van der Waals surface area contributed by atoms with Gasteiger partial charge in [0, 0.05) is 11.1 Å². The maximum absolute atomic E-state index is 13.1. The van der Waals surface area contributed by atoms with Gasteiger partial charge in [-0.1, -0.05) is 30.3 Å². The molecule has 0 saturated heterocycles. The largest absolute Gasteiger partial charge is 0.465 e. The minimum atomic E-state index is -0.356. The van der Waals surface area contributed by atoms with Crippen LogP contribution in [0.5, 0.6) is 0 Å². The summed E-state index contributed by atoms with van der Waals surface area (Å²) in [5.41, 5.74) is 3.11. The zero-order valence-electron chi connectivity index (χ0n) is 13.6. The van der Waals surface area contributed by atoms with E-state index in [1.807, 2.05) is 31.2 Å². The average Bonchev–Trinajstić information content (AvgIpc) is 3.12. The summed E-state index contributed by atoms with van der Waals surface area (Å²) in [4.78, 5) is 27.3. The van der Waals surface area contributed by atoms with Crippen LogP contribution in [0.1, 0.15) is 27.2 Å². The summed E-state index contributed by atoms with van der Waals surface area (Å²) in [5, 5.41) is 0. The van der Waals surface area contributed by atoms with E-state index in [0.717, 1.165) is 5.56 Å². The van der Waals surface area contributed by atoms with Gasteiger partial charge in [-0.15, -0.1) is 0 Å². The first-order chi connectivity index (χ1) is 12.1. The van der Waals surface area contributed by atoms with Crippen LogP contribution in [0.4, 0.5) is 5.69 Å². The highest BCUT2D eigenvalue weighted by Crippen LogP contribution is 2.33. The Bertz CT molecular complexity index is 999. The first-order valence-corrected chi connectivity index (χ1v) is 7.95. The Hall–Kier alpha value is -3.40. The third-order valence-corrected chi connectivity index (χ3v) is 4.17. The van der Waals surface area contributed by atoms with Crippen LogP contribution in [0, 0.1) is 6.92 Å². The molecule has 0 N–H and O–H groups in total. The number of carbonyl (C=O) groups is 2. The van der Waals surface area contributed by atoms with E-state index in [2.05, 4.69) is 0 Å². The summed E-state index contributed by atoms with van der Waals surface area (Å²) in [6, 6.07) is 18.0. The summed E-state index contributed by atoms with van der Waals surface area (Å²) in [6.45, 7) is 1.93. The molecule has 0 spiro atoms. The van der Waals surface area contributed by atoms with Gasteiger partial charge in [0.05, 0.1) is 17.5 Å². The number of carbonyl (C=O) groups excluding carboxylic acids is 2. The molecule has 1 aliphatic heterocycles. The Morgan fingerprint density at radius 2 is 1.68 bits per heavy atom. The van der Waals surface area contributed by atoms with Gasteiger partial charge in [0.1, 0.15) is 5.76 Å². The van der Waals surface area contributed by atoms with Crippen molar-refractivity contribution in [2.75, 3.05) is 4.90 Å². The van der Waals surface area contributed by atoms with E-state index in [-0.39, 0.29) is 11.8 Å². The van der Waals surface area contributed by atoms with E-state index in [9.17, 15) is 9.59 Å². The molecule has 122 valence electrons. The van der Waals surface area contributed by atoms with Crippen LogP contribution < -0.4 is 4.90 Å². The van der Waals surface area contributed by atoms with Crippen LogP contribution in [-0.2, 0) is 4.79 Å². The number of furan rings is 1. The Labute approximate surface area is 145 Å². The topological polar surface area (TPSA) is 50.5 Å². The van der Waals surface area contributed by atoms with E-state index in [1.165, 1.54) is 4.90 Å². The molecule has 2 heterocycles. The normalized spacial score (nSPS) is 15.6. The molecule has 4 rings (SSSR count). The number of aryl methyl sites for hydroxylation is 1. The van der Waals surface area contributed by atoms with Crippen LogP contribution >= 0.6 is 0 Å². The van der Waals surface area contributed by atoms with Gasteiger partial charge < -0.3 is 4.42 Å². The molecule has 0 bridgehead atoms. The highest BCUT2D eigenvalue weighted by Gasteiger charge is 2.35. The number of rotatable bonds is 2. The zero-order chi connectivity index (χ0) is 17.4. The third-order valence-electron chi connectivity index (χ3n) is 4.17. The molecule has 4 nitrogen and oxygen atoms in total. The molecule has 1 aromatic heterocycles. The standard InChI is InChI=1S/C21H15NO3/c1-14-6-4-7-15(12-14)22-20(23)18-10-3-2-9-17(18)19(21(22)24)13-16-8-5-11-25-16/h2-13H,1H3. The lowest BCUT2D eigenvalue weighted by atomic mass is 9.92. The van der Waals surface area contributed by atoms with Crippen molar-refractivity contribution >= 4 is 29.2 Å². The monoisotopic (exact) mass is 329 g/mol. The van der Waals surface area contributed by atoms with Crippen molar-refractivity contribution in [1.29, 1.82) is 0 Å². The van der Waals surface area contributed by atoms with Crippen LogP contribution in [0.2, 0.25) is 0 Å². The Morgan fingerprint density at radius 3 is 2.40 bits per heavy atom. The number of fused-ring (bicyclic) bond motifs is 1. The SMILES string of the molecule is Cc1cccc(N2C(=O)C(=Cc3ccco3)c3ccccc3C2=O)c1. The summed E-state index contributed by atoms with van der Waals surface area (Å²) in [7, 11) is 0. The number of amides is 2. The molecule has 4 heteroatoms. The fraction of sp³-hybridized carbons (Fsp3) is 0.0476. The minimum absolute atomic E-state index is 0.317. The van der Waals surface area contributed by atoms with Gasteiger partial charge >= 0.3 is 0 Å². The van der Waals surface area contributed by atoms with Gasteiger partial charge in [-0.3, -0.25) is 9.59 Å². The van der Waals surface area contributed by atoms with Gasteiger partial charge in [-0.25, -0.2) is 4.90 Å². The molecular formula is C21H15NO3. The highest BCUT2D eigenvalue weighted by molar-refractivity contribution is 6.43. The molecule has 0 saturated carbocycles. The van der Waals surface area contributed by atoms with Gasteiger partial charge in [0.25, 0.3) is 11.8 Å². The first-order valence-electron chi connectivity index (χ1n) is 7.95. The van der Waals surface area contributed by atoms with Gasteiger partial charge in [0.15, 0.2) is 0 Å². The van der Waals surface area contributed by atoms with Gasteiger partial charge in [-0.05, 0) is 48.9 Å². The average molecular weight is 329 g/mol. The molecule has 0 aliphatic carbocycles. The Morgan fingerprint density at radius 1 is 0.880 bits per heavy atom. The second-order valence-corrected chi connectivity index (χ2v) is 5.90. The highest BCUT2D eigenvalue weighted by atomic mass is 16.3. The molecule has 2 amide bonds. The summed E-state index contributed by atoms with van der Waals surface area (Å²) < 4.78 is 5.35. The molecule has 0 unspecified atom stereocenters. The van der Waals surface area contributed by atoms with Crippen molar-refractivity contribution in [2.45, 2.75) is 6.92 Å². The van der Waals surface area contributed by atoms with Crippen LogP contribution in [0.15, 0.2) is 71.3 Å². The number of nitrogens with zero attached hydrogens (tertiary/aromatic N) is 1. The summed E-state index contributed by atoms with van der Waals surface area (Å²) >= 11 is 0. The quantitative estimate of drug-likeness (QED) is 0.520. The second kappa shape index (κ2) is 5.91. The summed E-state index contributed by atoms with van der Waals surface area (Å²) in [5.74, 6) is -0.106. The molecule has 0 radical (unpaired) electrons. The van der Waals surface area contributed by atoms with E-state index >= 15 is 0 Å². The smallest absolute Gasteiger partial charge is 0.266 e. The van der Waals surface area contributed by atoms with Crippen LogP contribution in [0.25, 0.3) is 11.6 Å². The molecule has 3 aromatic rings. The van der Waals surface area contributed by atoms with Crippen LogP contribution in [0.3, 0.4) is 0 Å². The number of imide groups is 1. The van der Waals surface area contributed by atoms with Crippen molar-refractivity contribution in [1.82, 2.24) is 0 Å². The fourth-order valence-electron chi connectivity index (χ4n) is 3.01. The lowest BCUT2D eigenvalue weighted by molar-refractivity contribution is -0.112. The molecule has 25 heavy (non-hydrogen) atoms. The third kappa shape index (κ3) is 2.58. The van der Waals surface area contributed by atoms with Gasteiger partial charge in [0.2, 0.25) is 0 Å². The molecule has 0 atom stereocenters. The van der Waals surface area contributed by atoms with E-state index < -0.39 is 0 Å². The molecular weight excluding hydrogens is 314 g/mol. The number of anilines is 1. The maximum atomic E-state index is 13.1. The lowest BCUT2D eigenvalue weighted by Gasteiger charge is -2.28. The fourth-order valence-corrected chi connectivity index (χ4v) is 3.01. The van der Waals surface area contributed by atoms with E-state index in [4.69, 9.17) is 4.42 Å². The van der Waals surface area contributed by atoms with Crippen molar-refractivity contribution in [2.24, 2.45) is 0 Å². The number of hydrogen-bond acceptors (Lipinski definition) is 3. The lowest BCUT2D eigenvalue weighted by Crippen LogP contribution is -2.41. The van der Waals surface area contributed by atoms with Crippen molar-refractivity contribution < 1.29 is 14.0 Å². The Kier molecular flexibility index (Phi) is 3.58. The van der Waals surface area contributed by atoms with Crippen LogP contribution in [-0.4, -0.2) is 11.8 Å². The first kappa shape index (κ1) is 15.1. The van der Waals surface area contributed by atoms with Gasteiger partial charge in [-0.2, -0.15) is 0 Å². The Balaban J connectivity index is 1.92.